The molecule has 2 rings (SSSR count). The molecule has 0 aromatic heterocycles. The predicted molar refractivity (Wildman–Crippen MR) is 82.1 cm³/mol. The number of piperidine rings is 1. The molecular formula is C17H24FNO3. The summed E-state index contributed by atoms with van der Waals surface area (Å²) in [5.74, 6) is -0.129. The second kappa shape index (κ2) is 6.65. The Morgan fingerprint density at radius 2 is 2.00 bits per heavy atom. The number of aliphatic hydroxyl groups excluding tert-OH is 1. The first-order valence-corrected chi connectivity index (χ1v) is 7.67. The molecule has 1 aromatic rings. The highest BCUT2D eigenvalue weighted by Gasteiger charge is 2.27. The summed E-state index contributed by atoms with van der Waals surface area (Å²) in [7, 11) is 0. The van der Waals surface area contributed by atoms with E-state index in [-0.39, 0.29) is 24.4 Å². The molecule has 22 heavy (non-hydrogen) atoms. The van der Waals surface area contributed by atoms with E-state index in [1.165, 1.54) is 6.07 Å². The molecule has 1 saturated heterocycles. The summed E-state index contributed by atoms with van der Waals surface area (Å²) in [6.07, 6.45) is 1.29. The van der Waals surface area contributed by atoms with Crippen LogP contribution in [-0.4, -0.2) is 34.8 Å². The SMILES string of the molecule is CC(C)(C)OC(=O)N1CCC(c2ccc(CO)c(F)c2)CC1. The lowest BCUT2D eigenvalue weighted by atomic mass is 9.89. The smallest absolute Gasteiger partial charge is 0.410 e. The number of amides is 1. The van der Waals surface area contributed by atoms with Crippen molar-refractivity contribution in [3.8, 4) is 0 Å². The van der Waals surface area contributed by atoms with E-state index in [1.54, 1.807) is 11.0 Å². The molecule has 1 heterocycles. The Morgan fingerprint density at radius 1 is 1.36 bits per heavy atom. The van der Waals surface area contributed by atoms with E-state index < -0.39 is 5.60 Å². The monoisotopic (exact) mass is 309 g/mol. The second-order valence-electron chi connectivity index (χ2n) is 6.75. The number of hydrogen-bond donors (Lipinski definition) is 1. The number of rotatable bonds is 2. The number of hydrogen-bond acceptors (Lipinski definition) is 3. The summed E-state index contributed by atoms with van der Waals surface area (Å²) in [6.45, 7) is 6.49. The molecule has 122 valence electrons. The first kappa shape index (κ1) is 16.7. The molecule has 0 spiro atoms. The van der Waals surface area contributed by atoms with Gasteiger partial charge in [0.1, 0.15) is 11.4 Å². The van der Waals surface area contributed by atoms with Crippen LogP contribution in [0.25, 0.3) is 0 Å². The van der Waals surface area contributed by atoms with Gasteiger partial charge in [-0.2, -0.15) is 0 Å². The third kappa shape index (κ3) is 4.19. The zero-order valence-corrected chi connectivity index (χ0v) is 13.4. The third-order valence-corrected chi connectivity index (χ3v) is 3.87. The van der Waals surface area contributed by atoms with Crippen LogP contribution in [0.2, 0.25) is 0 Å². The number of likely N-dealkylation sites (tertiary alicyclic amines) is 1. The largest absolute Gasteiger partial charge is 0.444 e. The van der Waals surface area contributed by atoms with Crippen molar-refractivity contribution in [2.24, 2.45) is 0 Å². The topological polar surface area (TPSA) is 49.8 Å². The predicted octanol–water partition coefficient (Wildman–Crippen LogP) is 3.43. The lowest BCUT2D eigenvalue weighted by Crippen LogP contribution is -2.41. The summed E-state index contributed by atoms with van der Waals surface area (Å²) in [5.41, 5.74) is 0.755. The van der Waals surface area contributed by atoms with Crippen LogP contribution >= 0.6 is 0 Å². The van der Waals surface area contributed by atoms with E-state index in [0.29, 0.717) is 18.7 Å². The number of ether oxygens (including phenoxy) is 1. The molecule has 1 aliphatic rings. The molecule has 0 atom stereocenters. The highest BCUT2D eigenvalue weighted by atomic mass is 19.1. The molecule has 0 saturated carbocycles. The van der Waals surface area contributed by atoms with Crippen molar-refractivity contribution < 1.29 is 19.0 Å². The maximum absolute atomic E-state index is 13.8. The molecule has 1 aliphatic heterocycles. The van der Waals surface area contributed by atoms with Gasteiger partial charge in [0.25, 0.3) is 0 Å². The van der Waals surface area contributed by atoms with E-state index in [4.69, 9.17) is 9.84 Å². The minimum atomic E-state index is -0.489. The lowest BCUT2D eigenvalue weighted by molar-refractivity contribution is 0.0204. The van der Waals surface area contributed by atoms with Crippen LogP contribution in [0.15, 0.2) is 18.2 Å². The molecule has 5 heteroatoms. The van der Waals surface area contributed by atoms with Gasteiger partial charge in [0, 0.05) is 18.7 Å². The standard InChI is InChI=1S/C17H24FNO3/c1-17(2,3)22-16(21)19-8-6-12(7-9-19)13-4-5-14(11-20)15(18)10-13/h4-5,10,12,20H,6-9,11H2,1-3H3. The molecule has 0 bridgehead atoms. The van der Waals surface area contributed by atoms with Crippen molar-refractivity contribution in [3.63, 3.8) is 0 Å². The van der Waals surface area contributed by atoms with Gasteiger partial charge in [-0.3, -0.25) is 0 Å². The van der Waals surface area contributed by atoms with E-state index in [9.17, 15) is 9.18 Å². The molecule has 1 amide bonds. The number of carbonyl (C=O) groups is 1. The van der Waals surface area contributed by atoms with E-state index >= 15 is 0 Å². The van der Waals surface area contributed by atoms with Gasteiger partial charge in [0.05, 0.1) is 6.61 Å². The first-order valence-electron chi connectivity index (χ1n) is 7.67. The van der Waals surface area contributed by atoms with Gasteiger partial charge < -0.3 is 14.7 Å². The Hall–Kier alpha value is -1.62. The van der Waals surface area contributed by atoms with E-state index in [2.05, 4.69) is 0 Å². The van der Waals surface area contributed by atoms with E-state index in [0.717, 1.165) is 18.4 Å². The molecule has 0 unspecified atom stereocenters. The van der Waals surface area contributed by atoms with Gasteiger partial charge in [0.15, 0.2) is 0 Å². The van der Waals surface area contributed by atoms with Gasteiger partial charge in [-0.15, -0.1) is 0 Å². The summed E-state index contributed by atoms with van der Waals surface area (Å²) in [5, 5.41) is 9.01. The average molecular weight is 309 g/mol. The Labute approximate surface area is 130 Å². The number of halogens is 1. The lowest BCUT2D eigenvalue weighted by Gasteiger charge is -2.33. The second-order valence-corrected chi connectivity index (χ2v) is 6.75. The summed E-state index contributed by atoms with van der Waals surface area (Å²) < 4.78 is 19.1. The average Bonchev–Trinajstić information content (AvgIpc) is 2.45. The Bertz CT molecular complexity index is 531. The van der Waals surface area contributed by atoms with Gasteiger partial charge >= 0.3 is 6.09 Å². The van der Waals surface area contributed by atoms with Crippen molar-refractivity contribution in [2.75, 3.05) is 13.1 Å². The molecule has 0 aliphatic carbocycles. The van der Waals surface area contributed by atoms with Crippen LogP contribution in [0.5, 0.6) is 0 Å². The number of carbonyl (C=O) groups excluding carboxylic acids is 1. The summed E-state index contributed by atoms with van der Waals surface area (Å²) in [4.78, 5) is 13.7. The molecule has 1 aromatic carbocycles. The van der Waals surface area contributed by atoms with Gasteiger partial charge in [-0.05, 0) is 51.2 Å². The minimum Gasteiger partial charge on any atom is -0.444 e. The highest BCUT2D eigenvalue weighted by Crippen LogP contribution is 2.29. The van der Waals surface area contributed by atoms with Crippen LogP contribution in [0.1, 0.15) is 50.7 Å². The van der Waals surface area contributed by atoms with Crippen molar-refractivity contribution in [2.45, 2.75) is 51.7 Å². The van der Waals surface area contributed by atoms with Crippen molar-refractivity contribution in [1.29, 1.82) is 0 Å². The van der Waals surface area contributed by atoms with Crippen molar-refractivity contribution in [1.82, 2.24) is 4.90 Å². The zero-order chi connectivity index (χ0) is 16.3. The minimum absolute atomic E-state index is 0.237. The van der Waals surface area contributed by atoms with Crippen LogP contribution in [0.4, 0.5) is 9.18 Å². The van der Waals surface area contributed by atoms with Gasteiger partial charge in [0.2, 0.25) is 0 Å². The quantitative estimate of drug-likeness (QED) is 0.910. The zero-order valence-electron chi connectivity index (χ0n) is 13.4. The van der Waals surface area contributed by atoms with Crippen LogP contribution in [-0.2, 0) is 11.3 Å². The van der Waals surface area contributed by atoms with Crippen molar-refractivity contribution in [3.05, 3.63) is 35.1 Å². The van der Waals surface area contributed by atoms with Gasteiger partial charge in [-0.1, -0.05) is 12.1 Å². The number of benzene rings is 1. The first-order chi connectivity index (χ1) is 10.3. The summed E-state index contributed by atoms with van der Waals surface area (Å²) in [6, 6.07) is 4.99. The number of aliphatic hydroxyl groups is 1. The van der Waals surface area contributed by atoms with E-state index in [1.807, 2.05) is 26.8 Å². The Morgan fingerprint density at radius 3 is 2.50 bits per heavy atom. The molecule has 1 fully saturated rings. The Balaban J connectivity index is 1.94. The highest BCUT2D eigenvalue weighted by molar-refractivity contribution is 5.68. The fraction of sp³-hybridized carbons (Fsp3) is 0.588. The van der Waals surface area contributed by atoms with Crippen LogP contribution in [0, 0.1) is 5.82 Å². The Kier molecular flexibility index (Phi) is 5.06. The third-order valence-electron chi connectivity index (χ3n) is 3.87. The van der Waals surface area contributed by atoms with Crippen molar-refractivity contribution >= 4 is 6.09 Å². The normalized spacial score (nSPS) is 16.7. The van der Waals surface area contributed by atoms with Gasteiger partial charge in [-0.25, -0.2) is 9.18 Å². The molecule has 4 nitrogen and oxygen atoms in total. The molecule has 0 radical (unpaired) electrons. The van der Waals surface area contributed by atoms with Crippen LogP contribution in [0.3, 0.4) is 0 Å². The number of nitrogens with zero attached hydrogens (tertiary/aromatic N) is 1. The molecular weight excluding hydrogens is 285 g/mol. The fourth-order valence-corrected chi connectivity index (χ4v) is 2.67. The maximum Gasteiger partial charge on any atom is 0.410 e. The fourth-order valence-electron chi connectivity index (χ4n) is 2.67. The van der Waals surface area contributed by atoms with Crippen LogP contribution < -0.4 is 0 Å². The maximum atomic E-state index is 13.8. The summed E-state index contributed by atoms with van der Waals surface area (Å²) >= 11 is 0. The molecule has 1 N–H and O–H groups in total.